The Bertz CT molecular complexity index is 317. The van der Waals surface area contributed by atoms with Crippen LogP contribution < -0.4 is 5.56 Å². The number of halogens is 3. The third-order valence-corrected chi connectivity index (χ3v) is 1.12. The molecule has 0 spiro atoms. The van der Waals surface area contributed by atoms with Crippen LogP contribution in [0, 0.1) is 0 Å². The topological polar surface area (TPSA) is 45.8 Å². The van der Waals surface area contributed by atoms with Crippen molar-refractivity contribution in [2.45, 2.75) is 12.6 Å². The molecule has 0 unspecified atom stereocenters. The van der Waals surface area contributed by atoms with E-state index in [1.165, 1.54) is 0 Å². The summed E-state index contributed by atoms with van der Waals surface area (Å²) >= 11 is 0. The fraction of sp³-hybridized carbons (Fsp3) is 0.333. The second-order valence-electron chi connectivity index (χ2n) is 2.19. The van der Waals surface area contributed by atoms with Crippen LogP contribution in [-0.4, -0.2) is 16.1 Å². The predicted molar refractivity (Wildman–Crippen MR) is 34.6 cm³/mol. The molecule has 3 nitrogen and oxygen atoms in total. The standard InChI is InChI=1S/C6H5F3N2O/c7-6(8,9)2-4-1-5(12)11-3-10-4/h1,3H,2H2,(H,10,11,12). The van der Waals surface area contributed by atoms with Gasteiger partial charge >= 0.3 is 6.18 Å². The Balaban J connectivity index is 2.84. The minimum absolute atomic E-state index is 0.272. The zero-order valence-electron chi connectivity index (χ0n) is 5.85. The Morgan fingerprint density at radius 3 is 2.67 bits per heavy atom. The molecule has 66 valence electrons. The van der Waals surface area contributed by atoms with Crippen molar-refractivity contribution in [2.24, 2.45) is 0 Å². The molecular formula is C6H5F3N2O. The smallest absolute Gasteiger partial charge is 0.313 e. The van der Waals surface area contributed by atoms with E-state index in [4.69, 9.17) is 0 Å². The molecule has 0 aromatic carbocycles. The van der Waals surface area contributed by atoms with E-state index in [0.717, 1.165) is 12.4 Å². The summed E-state index contributed by atoms with van der Waals surface area (Å²) < 4.78 is 35.2. The van der Waals surface area contributed by atoms with Crippen LogP contribution in [0.25, 0.3) is 0 Å². The molecule has 0 bridgehead atoms. The van der Waals surface area contributed by atoms with Crippen molar-refractivity contribution in [1.29, 1.82) is 0 Å². The Labute approximate surface area is 65.3 Å². The van der Waals surface area contributed by atoms with Crippen molar-refractivity contribution in [2.75, 3.05) is 0 Å². The molecule has 0 fully saturated rings. The van der Waals surface area contributed by atoms with Crippen molar-refractivity contribution < 1.29 is 13.2 Å². The Morgan fingerprint density at radius 1 is 1.50 bits per heavy atom. The lowest BCUT2D eigenvalue weighted by molar-refractivity contribution is -0.127. The van der Waals surface area contributed by atoms with Gasteiger partial charge in [0.15, 0.2) is 0 Å². The lowest BCUT2D eigenvalue weighted by Crippen LogP contribution is -2.15. The zero-order chi connectivity index (χ0) is 9.19. The molecule has 0 atom stereocenters. The van der Waals surface area contributed by atoms with E-state index in [0.29, 0.717) is 0 Å². The largest absolute Gasteiger partial charge is 0.394 e. The number of aromatic amines is 1. The van der Waals surface area contributed by atoms with Crippen LogP contribution in [0.4, 0.5) is 13.2 Å². The molecule has 0 aliphatic rings. The number of H-pyrrole nitrogens is 1. The van der Waals surface area contributed by atoms with Crippen LogP contribution in [0.3, 0.4) is 0 Å². The van der Waals surface area contributed by atoms with Crippen molar-refractivity contribution in [3.8, 4) is 0 Å². The maximum atomic E-state index is 11.7. The van der Waals surface area contributed by atoms with Gasteiger partial charge in [-0.05, 0) is 0 Å². The molecule has 0 saturated carbocycles. The summed E-state index contributed by atoms with van der Waals surface area (Å²) in [5.74, 6) is 0. The number of hydrogen-bond donors (Lipinski definition) is 1. The van der Waals surface area contributed by atoms with Crippen LogP contribution in [0.5, 0.6) is 0 Å². The van der Waals surface area contributed by atoms with Crippen molar-refractivity contribution >= 4 is 0 Å². The number of alkyl halides is 3. The van der Waals surface area contributed by atoms with Crippen LogP contribution in [0.1, 0.15) is 5.69 Å². The molecular weight excluding hydrogens is 173 g/mol. The lowest BCUT2D eigenvalue weighted by Gasteiger charge is -2.03. The third kappa shape index (κ3) is 2.73. The fourth-order valence-corrected chi connectivity index (χ4v) is 0.711. The first-order chi connectivity index (χ1) is 5.47. The van der Waals surface area contributed by atoms with E-state index in [9.17, 15) is 18.0 Å². The van der Waals surface area contributed by atoms with Crippen LogP contribution in [0.15, 0.2) is 17.2 Å². The van der Waals surface area contributed by atoms with Crippen LogP contribution >= 0.6 is 0 Å². The van der Waals surface area contributed by atoms with Crippen LogP contribution in [-0.2, 0) is 6.42 Å². The van der Waals surface area contributed by atoms with Crippen molar-refractivity contribution in [1.82, 2.24) is 9.97 Å². The van der Waals surface area contributed by atoms with E-state index in [2.05, 4.69) is 9.97 Å². The number of nitrogens with zero attached hydrogens (tertiary/aromatic N) is 1. The summed E-state index contributed by atoms with van der Waals surface area (Å²) in [4.78, 5) is 16.0. The Morgan fingerprint density at radius 2 is 2.17 bits per heavy atom. The SMILES string of the molecule is O=c1cc(CC(F)(F)F)nc[nH]1. The predicted octanol–water partition coefficient (Wildman–Crippen LogP) is 0.875. The van der Waals surface area contributed by atoms with Gasteiger partial charge in [0.25, 0.3) is 5.56 Å². The number of aromatic nitrogens is 2. The molecule has 1 aromatic rings. The van der Waals surface area contributed by atoms with Gasteiger partial charge < -0.3 is 4.98 Å². The first kappa shape index (κ1) is 8.76. The van der Waals surface area contributed by atoms with Gasteiger partial charge in [0.2, 0.25) is 0 Å². The first-order valence-corrected chi connectivity index (χ1v) is 3.08. The number of nitrogens with one attached hydrogen (secondary N) is 1. The van der Waals surface area contributed by atoms with E-state index < -0.39 is 18.2 Å². The highest BCUT2D eigenvalue weighted by Gasteiger charge is 2.28. The molecule has 0 aliphatic heterocycles. The number of hydrogen-bond acceptors (Lipinski definition) is 2. The second kappa shape index (κ2) is 2.96. The molecule has 0 aliphatic carbocycles. The highest BCUT2D eigenvalue weighted by atomic mass is 19.4. The van der Waals surface area contributed by atoms with Gasteiger partial charge in [-0.25, -0.2) is 4.98 Å². The summed E-state index contributed by atoms with van der Waals surface area (Å²) in [6.07, 6.45) is -4.54. The summed E-state index contributed by atoms with van der Waals surface area (Å²) in [5.41, 5.74) is -0.851. The summed E-state index contributed by atoms with van der Waals surface area (Å²) in [5, 5.41) is 0. The Kier molecular flexibility index (Phi) is 2.16. The fourth-order valence-electron chi connectivity index (χ4n) is 0.711. The van der Waals surface area contributed by atoms with E-state index >= 15 is 0 Å². The minimum atomic E-state index is -4.32. The maximum absolute atomic E-state index is 11.7. The quantitative estimate of drug-likeness (QED) is 0.693. The van der Waals surface area contributed by atoms with E-state index in [-0.39, 0.29) is 5.69 Å². The van der Waals surface area contributed by atoms with E-state index in [1.54, 1.807) is 0 Å². The highest BCUT2D eigenvalue weighted by Crippen LogP contribution is 2.18. The monoisotopic (exact) mass is 178 g/mol. The summed E-state index contributed by atoms with van der Waals surface area (Å²) in [7, 11) is 0. The molecule has 1 rings (SSSR count). The average molecular weight is 178 g/mol. The molecule has 0 radical (unpaired) electrons. The first-order valence-electron chi connectivity index (χ1n) is 3.08. The normalized spacial score (nSPS) is 11.6. The van der Waals surface area contributed by atoms with Gasteiger partial charge in [-0.3, -0.25) is 4.79 Å². The summed E-state index contributed by atoms with van der Waals surface area (Å²) in [6.45, 7) is 0. The maximum Gasteiger partial charge on any atom is 0.394 e. The summed E-state index contributed by atoms with van der Waals surface area (Å²) in [6, 6.07) is 0.827. The van der Waals surface area contributed by atoms with Gasteiger partial charge in [0.1, 0.15) is 0 Å². The average Bonchev–Trinajstić information content (AvgIpc) is 1.82. The van der Waals surface area contributed by atoms with Gasteiger partial charge in [0.05, 0.1) is 18.4 Å². The van der Waals surface area contributed by atoms with Gasteiger partial charge in [-0.2, -0.15) is 13.2 Å². The molecule has 0 amide bonds. The molecule has 1 heterocycles. The molecule has 1 N–H and O–H groups in total. The molecule has 6 heteroatoms. The molecule has 0 saturated heterocycles. The van der Waals surface area contributed by atoms with Crippen molar-refractivity contribution in [3.05, 3.63) is 28.4 Å². The minimum Gasteiger partial charge on any atom is -0.313 e. The third-order valence-electron chi connectivity index (χ3n) is 1.12. The lowest BCUT2D eigenvalue weighted by atomic mass is 10.3. The molecule has 1 aromatic heterocycles. The van der Waals surface area contributed by atoms with Crippen molar-refractivity contribution in [3.63, 3.8) is 0 Å². The number of rotatable bonds is 1. The van der Waals surface area contributed by atoms with E-state index in [1.807, 2.05) is 0 Å². The molecule has 12 heavy (non-hydrogen) atoms. The second-order valence-corrected chi connectivity index (χ2v) is 2.19. The van der Waals surface area contributed by atoms with Gasteiger partial charge in [0, 0.05) is 6.07 Å². The highest BCUT2D eigenvalue weighted by molar-refractivity contribution is 4.99. The zero-order valence-corrected chi connectivity index (χ0v) is 5.85. The van der Waals surface area contributed by atoms with Gasteiger partial charge in [-0.15, -0.1) is 0 Å². The van der Waals surface area contributed by atoms with Crippen LogP contribution in [0.2, 0.25) is 0 Å². The Hall–Kier alpha value is -1.33. The van der Waals surface area contributed by atoms with Gasteiger partial charge in [-0.1, -0.05) is 0 Å².